The van der Waals surface area contributed by atoms with Gasteiger partial charge < -0.3 is 19.7 Å². The molecule has 4 atom stereocenters. The summed E-state index contributed by atoms with van der Waals surface area (Å²) in [6.45, 7) is 0. The van der Waals surface area contributed by atoms with E-state index in [0.29, 0.717) is 30.2 Å². The van der Waals surface area contributed by atoms with Gasteiger partial charge in [-0.15, -0.1) is 0 Å². The third-order valence-electron chi connectivity index (χ3n) is 6.18. The minimum Gasteiger partial charge on any atom is -0.495 e. The summed E-state index contributed by atoms with van der Waals surface area (Å²) in [5.74, 6) is 2.65. The molecule has 1 N–H and O–H groups in total. The molecule has 4 unspecified atom stereocenters. The van der Waals surface area contributed by atoms with Crippen LogP contribution in [0.25, 0.3) is 0 Å². The Kier molecular flexibility index (Phi) is 4.51. The molecule has 0 radical (unpaired) electrons. The fourth-order valence-electron chi connectivity index (χ4n) is 4.69. The average molecular weight is 358 g/mol. The standard InChI is InChI=1S/C20H26N2O4/c1-22-16(6-8-19(22)23)20(24)21-15-11-14(5-7-17(15)25-2)26-18-10-12-3-4-13(18)9-12/h5,7,11-13,16,18H,3-4,6,8-10H2,1-2H3,(H,21,24). The molecule has 2 bridgehead atoms. The van der Waals surface area contributed by atoms with Gasteiger partial charge in [0.15, 0.2) is 0 Å². The second-order valence-electron chi connectivity index (χ2n) is 7.74. The summed E-state index contributed by atoms with van der Waals surface area (Å²) in [5.41, 5.74) is 0.589. The van der Waals surface area contributed by atoms with Gasteiger partial charge in [-0.2, -0.15) is 0 Å². The normalized spacial score (nSPS) is 29.9. The van der Waals surface area contributed by atoms with Gasteiger partial charge in [-0.1, -0.05) is 0 Å². The zero-order valence-corrected chi connectivity index (χ0v) is 15.4. The van der Waals surface area contributed by atoms with Crippen LogP contribution in [-0.4, -0.2) is 43.0 Å². The van der Waals surface area contributed by atoms with E-state index in [2.05, 4.69) is 5.32 Å². The molecule has 1 heterocycles. The maximum absolute atomic E-state index is 12.6. The van der Waals surface area contributed by atoms with Crippen molar-refractivity contribution in [1.82, 2.24) is 4.90 Å². The van der Waals surface area contributed by atoms with E-state index in [1.165, 1.54) is 24.2 Å². The first-order valence-electron chi connectivity index (χ1n) is 9.46. The number of nitrogens with zero attached hydrogens (tertiary/aromatic N) is 1. The fraction of sp³-hybridized carbons (Fsp3) is 0.600. The lowest BCUT2D eigenvalue weighted by atomic mass is 9.98. The molecule has 3 aliphatic rings. The van der Waals surface area contributed by atoms with Gasteiger partial charge in [0.25, 0.3) is 0 Å². The van der Waals surface area contributed by atoms with Crippen molar-refractivity contribution in [3.05, 3.63) is 18.2 Å². The molecule has 2 saturated carbocycles. The summed E-state index contributed by atoms with van der Waals surface area (Å²) in [4.78, 5) is 25.8. The van der Waals surface area contributed by atoms with Gasteiger partial charge >= 0.3 is 0 Å². The number of carbonyl (C=O) groups excluding carboxylic acids is 2. The van der Waals surface area contributed by atoms with Crippen LogP contribution in [0.1, 0.15) is 38.5 Å². The number of ether oxygens (including phenoxy) is 2. The maximum atomic E-state index is 12.6. The zero-order chi connectivity index (χ0) is 18.3. The zero-order valence-electron chi connectivity index (χ0n) is 15.4. The van der Waals surface area contributed by atoms with Gasteiger partial charge in [-0.25, -0.2) is 0 Å². The lowest BCUT2D eigenvalue weighted by Crippen LogP contribution is -2.38. The number of amides is 2. The first-order chi connectivity index (χ1) is 12.5. The van der Waals surface area contributed by atoms with E-state index in [1.54, 1.807) is 14.2 Å². The lowest BCUT2D eigenvalue weighted by Gasteiger charge is -2.24. The van der Waals surface area contributed by atoms with Gasteiger partial charge in [0, 0.05) is 19.5 Å². The van der Waals surface area contributed by atoms with Crippen molar-refractivity contribution in [3.63, 3.8) is 0 Å². The number of likely N-dealkylation sites (N-methyl/N-ethyl adjacent to an activating group) is 1. The van der Waals surface area contributed by atoms with E-state index in [1.807, 2.05) is 18.2 Å². The number of methoxy groups -OCH3 is 1. The number of hydrogen-bond acceptors (Lipinski definition) is 4. The molecule has 0 aromatic heterocycles. The van der Waals surface area contributed by atoms with Crippen molar-refractivity contribution < 1.29 is 19.1 Å². The minimum atomic E-state index is -0.428. The van der Waals surface area contributed by atoms with Crippen molar-refractivity contribution in [1.29, 1.82) is 0 Å². The minimum absolute atomic E-state index is 0.00508. The van der Waals surface area contributed by atoms with E-state index >= 15 is 0 Å². The monoisotopic (exact) mass is 358 g/mol. The Balaban J connectivity index is 1.47. The Morgan fingerprint density at radius 3 is 2.69 bits per heavy atom. The van der Waals surface area contributed by atoms with Crippen molar-refractivity contribution >= 4 is 17.5 Å². The Bertz CT molecular complexity index is 720. The highest BCUT2D eigenvalue weighted by Crippen LogP contribution is 2.46. The fourth-order valence-corrected chi connectivity index (χ4v) is 4.69. The highest BCUT2D eigenvalue weighted by Gasteiger charge is 2.41. The smallest absolute Gasteiger partial charge is 0.247 e. The number of anilines is 1. The third-order valence-corrected chi connectivity index (χ3v) is 6.18. The van der Waals surface area contributed by atoms with E-state index in [9.17, 15) is 9.59 Å². The molecule has 1 aliphatic heterocycles. The molecule has 0 spiro atoms. The second kappa shape index (κ2) is 6.82. The topological polar surface area (TPSA) is 67.9 Å². The molecule has 1 aromatic carbocycles. The quantitative estimate of drug-likeness (QED) is 0.879. The van der Waals surface area contributed by atoms with Gasteiger partial charge in [-0.3, -0.25) is 9.59 Å². The maximum Gasteiger partial charge on any atom is 0.247 e. The van der Waals surface area contributed by atoms with E-state index in [4.69, 9.17) is 9.47 Å². The number of likely N-dealkylation sites (tertiary alicyclic amines) is 1. The Morgan fingerprint density at radius 2 is 2.08 bits per heavy atom. The molecule has 26 heavy (non-hydrogen) atoms. The SMILES string of the molecule is COc1ccc(OC2CC3CCC2C3)cc1NC(=O)C1CCC(=O)N1C. The summed E-state index contributed by atoms with van der Waals surface area (Å²) >= 11 is 0. The molecule has 3 fully saturated rings. The molecule has 1 aromatic rings. The van der Waals surface area contributed by atoms with E-state index < -0.39 is 6.04 Å². The molecule has 2 amide bonds. The number of fused-ring (bicyclic) bond motifs is 2. The van der Waals surface area contributed by atoms with Crippen LogP contribution in [0.3, 0.4) is 0 Å². The summed E-state index contributed by atoms with van der Waals surface area (Å²) in [6.07, 6.45) is 6.26. The molecular weight excluding hydrogens is 332 g/mol. The number of carbonyl (C=O) groups is 2. The Labute approximate surface area is 153 Å². The summed E-state index contributed by atoms with van der Waals surface area (Å²) in [7, 11) is 3.25. The van der Waals surface area contributed by atoms with Crippen LogP contribution in [0, 0.1) is 11.8 Å². The van der Waals surface area contributed by atoms with Crippen molar-refractivity contribution in [2.75, 3.05) is 19.5 Å². The summed E-state index contributed by atoms with van der Waals surface area (Å²) < 4.78 is 11.6. The number of benzene rings is 1. The molecule has 140 valence electrons. The Hall–Kier alpha value is -2.24. The van der Waals surface area contributed by atoms with Gasteiger partial charge in [0.1, 0.15) is 23.6 Å². The number of nitrogens with one attached hydrogen (secondary N) is 1. The largest absolute Gasteiger partial charge is 0.495 e. The summed E-state index contributed by atoms with van der Waals surface area (Å²) in [6, 6.07) is 5.12. The van der Waals surface area contributed by atoms with E-state index in [-0.39, 0.29) is 17.9 Å². The number of hydrogen-bond donors (Lipinski definition) is 1. The van der Waals surface area contributed by atoms with Crippen LogP contribution in [0.15, 0.2) is 18.2 Å². The Morgan fingerprint density at radius 1 is 1.23 bits per heavy atom. The van der Waals surface area contributed by atoms with Crippen LogP contribution in [0.5, 0.6) is 11.5 Å². The van der Waals surface area contributed by atoms with Crippen molar-refractivity contribution in [2.45, 2.75) is 50.7 Å². The number of rotatable bonds is 5. The van der Waals surface area contributed by atoms with Crippen LogP contribution < -0.4 is 14.8 Å². The molecule has 6 nitrogen and oxygen atoms in total. The molecule has 6 heteroatoms. The molecule has 1 saturated heterocycles. The van der Waals surface area contributed by atoms with Gasteiger partial charge in [0.2, 0.25) is 11.8 Å². The lowest BCUT2D eigenvalue weighted by molar-refractivity contribution is -0.131. The van der Waals surface area contributed by atoms with Crippen LogP contribution in [0.4, 0.5) is 5.69 Å². The highest BCUT2D eigenvalue weighted by molar-refractivity contribution is 5.99. The van der Waals surface area contributed by atoms with Crippen molar-refractivity contribution in [3.8, 4) is 11.5 Å². The van der Waals surface area contributed by atoms with Crippen LogP contribution in [0.2, 0.25) is 0 Å². The molecule has 4 rings (SSSR count). The second-order valence-corrected chi connectivity index (χ2v) is 7.74. The van der Waals surface area contributed by atoms with Gasteiger partial charge in [0.05, 0.1) is 12.8 Å². The highest BCUT2D eigenvalue weighted by atomic mass is 16.5. The predicted molar refractivity (Wildman–Crippen MR) is 97.3 cm³/mol. The summed E-state index contributed by atoms with van der Waals surface area (Å²) in [5, 5.41) is 2.92. The third kappa shape index (κ3) is 3.13. The molecular formula is C20H26N2O4. The molecule has 2 aliphatic carbocycles. The first kappa shape index (κ1) is 17.2. The van der Waals surface area contributed by atoms with Gasteiger partial charge in [-0.05, 0) is 56.1 Å². The average Bonchev–Trinajstić information content (AvgIpc) is 3.32. The van der Waals surface area contributed by atoms with Crippen molar-refractivity contribution in [2.24, 2.45) is 11.8 Å². The van der Waals surface area contributed by atoms with E-state index in [0.717, 1.165) is 18.1 Å². The first-order valence-corrected chi connectivity index (χ1v) is 9.46. The van der Waals surface area contributed by atoms with Crippen LogP contribution >= 0.6 is 0 Å². The predicted octanol–water partition coefficient (Wildman–Crippen LogP) is 2.82. The van der Waals surface area contributed by atoms with Crippen LogP contribution in [-0.2, 0) is 9.59 Å².